The Morgan fingerprint density at radius 2 is 1.94 bits per heavy atom. The lowest BCUT2D eigenvalue weighted by molar-refractivity contribution is 0.325. The van der Waals surface area contributed by atoms with Crippen molar-refractivity contribution in [2.75, 3.05) is 6.54 Å². The zero-order valence-corrected chi connectivity index (χ0v) is 13.6. The molecule has 0 aliphatic carbocycles. The van der Waals surface area contributed by atoms with Crippen LogP contribution < -0.4 is 5.32 Å². The molecule has 0 aromatic carbocycles. The van der Waals surface area contributed by atoms with E-state index in [0.717, 1.165) is 24.0 Å². The molecule has 1 N–H and O–H groups in total. The molecule has 1 atom stereocenters. The first-order valence-electron chi connectivity index (χ1n) is 7.13. The minimum Gasteiger partial charge on any atom is -0.309 e. The Balaban J connectivity index is 3.07. The Morgan fingerprint density at radius 3 is 2.44 bits per heavy atom. The van der Waals surface area contributed by atoms with E-state index in [-0.39, 0.29) is 0 Å². The van der Waals surface area contributed by atoms with Crippen molar-refractivity contribution < 1.29 is 0 Å². The predicted octanol–water partition coefficient (Wildman–Crippen LogP) is 4.14. The second-order valence-electron chi connectivity index (χ2n) is 4.71. The molecular formula is C14H26BrN3. The summed E-state index contributed by atoms with van der Waals surface area (Å²) in [5.41, 5.74) is 1.31. The summed E-state index contributed by atoms with van der Waals surface area (Å²) in [6, 6.07) is 0.397. The molecular weight excluding hydrogens is 290 g/mol. The van der Waals surface area contributed by atoms with Crippen LogP contribution in [0.15, 0.2) is 10.7 Å². The molecule has 3 nitrogen and oxygen atoms in total. The van der Waals surface area contributed by atoms with Gasteiger partial charge in [0.05, 0.1) is 22.4 Å². The molecule has 0 saturated heterocycles. The number of hydrogen-bond donors (Lipinski definition) is 1. The van der Waals surface area contributed by atoms with Crippen molar-refractivity contribution in [1.29, 1.82) is 0 Å². The lowest BCUT2D eigenvalue weighted by Gasteiger charge is -2.27. The normalized spacial score (nSPS) is 13.2. The molecule has 1 aromatic rings. The second-order valence-corrected chi connectivity index (χ2v) is 5.57. The molecule has 104 valence electrons. The van der Waals surface area contributed by atoms with Gasteiger partial charge in [-0.25, -0.2) is 0 Å². The molecule has 0 saturated carbocycles. The van der Waals surface area contributed by atoms with E-state index in [0.29, 0.717) is 12.0 Å². The number of nitrogens with zero attached hydrogens (tertiary/aromatic N) is 2. The second kappa shape index (κ2) is 7.95. The largest absolute Gasteiger partial charge is 0.309 e. The van der Waals surface area contributed by atoms with Gasteiger partial charge in [0.2, 0.25) is 0 Å². The molecule has 0 fully saturated rings. The number of aromatic nitrogens is 2. The van der Waals surface area contributed by atoms with Gasteiger partial charge in [-0.2, -0.15) is 5.10 Å². The van der Waals surface area contributed by atoms with E-state index in [1.54, 1.807) is 0 Å². The van der Waals surface area contributed by atoms with E-state index in [9.17, 15) is 0 Å². The fourth-order valence-corrected chi connectivity index (χ4v) is 3.08. The standard InChI is InChI=1S/C14H26BrN3/c1-5-9-18-14(12(15)10-17-18)13(16-8-4)11(6-2)7-3/h10-11,13,16H,5-9H2,1-4H3. The van der Waals surface area contributed by atoms with Crippen LogP contribution in [0.3, 0.4) is 0 Å². The Bertz CT molecular complexity index is 345. The third kappa shape index (κ3) is 3.58. The minimum atomic E-state index is 0.397. The lowest BCUT2D eigenvalue weighted by atomic mass is 9.91. The Kier molecular flexibility index (Phi) is 6.94. The van der Waals surface area contributed by atoms with Gasteiger partial charge in [0.1, 0.15) is 0 Å². The van der Waals surface area contributed by atoms with Crippen molar-refractivity contribution in [3.8, 4) is 0 Å². The zero-order valence-electron chi connectivity index (χ0n) is 12.0. The van der Waals surface area contributed by atoms with Gasteiger partial charge in [0.15, 0.2) is 0 Å². The molecule has 0 aliphatic rings. The van der Waals surface area contributed by atoms with E-state index < -0.39 is 0 Å². The monoisotopic (exact) mass is 315 g/mol. The summed E-state index contributed by atoms with van der Waals surface area (Å²) in [6.07, 6.45) is 5.43. The predicted molar refractivity (Wildman–Crippen MR) is 80.7 cm³/mol. The van der Waals surface area contributed by atoms with Gasteiger partial charge in [0.25, 0.3) is 0 Å². The van der Waals surface area contributed by atoms with Crippen LogP contribution in [0.2, 0.25) is 0 Å². The van der Waals surface area contributed by atoms with Crippen LogP contribution in [0.5, 0.6) is 0 Å². The average Bonchev–Trinajstić information content (AvgIpc) is 2.71. The van der Waals surface area contributed by atoms with E-state index in [4.69, 9.17) is 0 Å². The van der Waals surface area contributed by atoms with Gasteiger partial charge in [-0.05, 0) is 34.8 Å². The molecule has 0 radical (unpaired) electrons. The van der Waals surface area contributed by atoms with E-state index in [2.05, 4.69) is 58.7 Å². The lowest BCUT2D eigenvalue weighted by Crippen LogP contribution is -2.30. The number of halogens is 1. The fourth-order valence-electron chi connectivity index (χ4n) is 2.54. The summed E-state index contributed by atoms with van der Waals surface area (Å²) < 4.78 is 3.28. The molecule has 1 heterocycles. The topological polar surface area (TPSA) is 29.9 Å². The Labute approximate surface area is 119 Å². The van der Waals surface area contributed by atoms with Gasteiger partial charge >= 0.3 is 0 Å². The van der Waals surface area contributed by atoms with Gasteiger partial charge < -0.3 is 5.32 Å². The van der Waals surface area contributed by atoms with Gasteiger partial charge in [-0.3, -0.25) is 4.68 Å². The van der Waals surface area contributed by atoms with E-state index in [1.165, 1.54) is 18.5 Å². The first-order valence-corrected chi connectivity index (χ1v) is 7.93. The fraction of sp³-hybridized carbons (Fsp3) is 0.786. The van der Waals surface area contributed by atoms with Crippen LogP contribution in [0.4, 0.5) is 0 Å². The number of rotatable bonds is 8. The Hall–Kier alpha value is -0.350. The van der Waals surface area contributed by atoms with Crippen molar-refractivity contribution in [2.24, 2.45) is 5.92 Å². The van der Waals surface area contributed by atoms with Gasteiger partial charge in [-0.1, -0.05) is 40.5 Å². The van der Waals surface area contributed by atoms with Crippen LogP contribution in [0.1, 0.15) is 58.7 Å². The zero-order chi connectivity index (χ0) is 13.5. The smallest absolute Gasteiger partial charge is 0.0698 e. The van der Waals surface area contributed by atoms with Crippen molar-refractivity contribution in [3.63, 3.8) is 0 Å². The summed E-state index contributed by atoms with van der Waals surface area (Å²) in [6.45, 7) is 10.9. The highest BCUT2D eigenvalue weighted by Crippen LogP contribution is 2.32. The number of aryl methyl sites for hydroxylation is 1. The molecule has 0 aliphatic heterocycles. The van der Waals surface area contributed by atoms with Crippen molar-refractivity contribution in [3.05, 3.63) is 16.4 Å². The Morgan fingerprint density at radius 1 is 1.28 bits per heavy atom. The maximum Gasteiger partial charge on any atom is 0.0698 e. The van der Waals surface area contributed by atoms with Crippen LogP contribution in [0.25, 0.3) is 0 Å². The summed E-state index contributed by atoms with van der Waals surface area (Å²) in [4.78, 5) is 0. The summed E-state index contributed by atoms with van der Waals surface area (Å²) in [5.74, 6) is 0.661. The molecule has 0 amide bonds. The van der Waals surface area contributed by atoms with Crippen molar-refractivity contribution >= 4 is 15.9 Å². The SMILES string of the molecule is CCCn1ncc(Br)c1C(NCC)C(CC)CC. The van der Waals surface area contributed by atoms with Gasteiger partial charge in [0, 0.05) is 6.54 Å². The first kappa shape index (κ1) is 15.7. The first-order chi connectivity index (χ1) is 8.69. The van der Waals surface area contributed by atoms with Gasteiger partial charge in [-0.15, -0.1) is 0 Å². The van der Waals surface area contributed by atoms with Crippen molar-refractivity contribution in [1.82, 2.24) is 15.1 Å². The summed E-state index contributed by atoms with van der Waals surface area (Å²) in [7, 11) is 0. The van der Waals surface area contributed by atoms with Crippen LogP contribution in [-0.2, 0) is 6.54 Å². The molecule has 4 heteroatoms. The number of hydrogen-bond acceptors (Lipinski definition) is 2. The summed E-state index contributed by atoms with van der Waals surface area (Å²) in [5, 5.41) is 8.13. The van der Waals surface area contributed by atoms with Crippen LogP contribution in [-0.4, -0.2) is 16.3 Å². The highest BCUT2D eigenvalue weighted by atomic mass is 79.9. The average molecular weight is 316 g/mol. The molecule has 18 heavy (non-hydrogen) atoms. The van der Waals surface area contributed by atoms with E-state index >= 15 is 0 Å². The molecule has 0 spiro atoms. The van der Waals surface area contributed by atoms with Crippen molar-refractivity contribution in [2.45, 2.75) is 59.5 Å². The molecule has 1 rings (SSSR count). The number of nitrogens with one attached hydrogen (secondary N) is 1. The molecule has 0 bridgehead atoms. The van der Waals surface area contributed by atoms with Crippen LogP contribution >= 0.6 is 15.9 Å². The highest BCUT2D eigenvalue weighted by molar-refractivity contribution is 9.10. The van der Waals surface area contributed by atoms with Crippen LogP contribution in [0, 0.1) is 5.92 Å². The minimum absolute atomic E-state index is 0.397. The quantitative estimate of drug-likeness (QED) is 0.781. The maximum absolute atomic E-state index is 4.49. The highest BCUT2D eigenvalue weighted by Gasteiger charge is 2.25. The third-order valence-electron chi connectivity index (χ3n) is 3.51. The molecule has 1 aromatic heterocycles. The van der Waals surface area contributed by atoms with E-state index in [1.807, 2.05) is 6.20 Å². The molecule has 1 unspecified atom stereocenters. The third-order valence-corrected chi connectivity index (χ3v) is 4.12. The maximum atomic E-state index is 4.49. The summed E-state index contributed by atoms with van der Waals surface area (Å²) >= 11 is 3.66.